The van der Waals surface area contributed by atoms with Crippen LogP contribution in [0.1, 0.15) is 42.4 Å². The van der Waals surface area contributed by atoms with Gasteiger partial charge in [-0.25, -0.2) is 4.98 Å². The number of carbonyl (C=O) groups is 2. The molecule has 2 aromatic rings. The van der Waals surface area contributed by atoms with Crippen LogP contribution in [0, 0.1) is 6.92 Å². The smallest absolute Gasteiger partial charge is 0.271 e. The van der Waals surface area contributed by atoms with Crippen molar-refractivity contribution in [3.8, 4) is 0 Å². The van der Waals surface area contributed by atoms with Crippen molar-refractivity contribution in [2.24, 2.45) is 0 Å². The summed E-state index contributed by atoms with van der Waals surface area (Å²) in [6.45, 7) is 6.82. The highest BCUT2D eigenvalue weighted by molar-refractivity contribution is 5.93. The average Bonchev–Trinajstić information content (AvgIpc) is 3.07. The number of pyridine rings is 1. The van der Waals surface area contributed by atoms with Gasteiger partial charge in [0.2, 0.25) is 5.91 Å². The summed E-state index contributed by atoms with van der Waals surface area (Å²) in [4.78, 5) is 30.9. The van der Waals surface area contributed by atoms with Crippen molar-refractivity contribution in [3.05, 3.63) is 35.8 Å². The Morgan fingerprint density at radius 3 is 2.73 bits per heavy atom. The molecule has 1 saturated heterocycles. The van der Waals surface area contributed by atoms with Gasteiger partial charge < -0.3 is 15.0 Å². The third kappa shape index (κ3) is 4.40. The number of fused-ring (bicyclic) bond motifs is 1. The minimum Gasteiger partial charge on any atom is -0.355 e. The van der Waals surface area contributed by atoms with Gasteiger partial charge in [-0.05, 0) is 38.3 Å². The lowest BCUT2D eigenvalue weighted by Gasteiger charge is -2.31. The first-order valence-corrected chi connectivity index (χ1v) is 9.31. The van der Waals surface area contributed by atoms with Crippen LogP contribution in [0.4, 0.5) is 0 Å². The molecule has 1 aliphatic heterocycles. The van der Waals surface area contributed by atoms with Gasteiger partial charge in [0.25, 0.3) is 5.91 Å². The van der Waals surface area contributed by atoms with Gasteiger partial charge in [-0.2, -0.15) is 0 Å². The van der Waals surface area contributed by atoms with Crippen LogP contribution in [0.25, 0.3) is 5.65 Å². The lowest BCUT2D eigenvalue weighted by molar-refractivity contribution is -0.122. The van der Waals surface area contributed by atoms with Crippen molar-refractivity contribution in [2.45, 2.75) is 39.2 Å². The summed E-state index contributed by atoms with van der Waals surface area (Å²) in [5, 5.41) is 5.98. The summed E-state index contributed by atoms with van der Waals surface area (Å²) in [6, 6.07) is 5.95. The summed E-state index contributed by atoms with van der Waals surface area (Å²) in [5.41, 5.74) is 2.27. The number of nitrogens with one attached hydrogen (secondary N) is 2. The van der Waals surface area contributed by atoms with Crippen molar-refractivity contribution in [3.63, 3.8) is 0 Å². The molecule has 0 aromatic carbocycles. The number of rotatable bonds is 6. The van der Waals surface area contributed by atoms with Gasteiger partial charge in [-0.1, -0.05) is 13.0 Å². The summed E-state index contributed by atoms with van der Waals surface area (Å²) < 4.78 is 1.92. The normalized spacial score (nSPS) is 15.9. The minimum absolute atomic E-state index is 0.0782. The Kier molecular flexibility index (Phi) is 5.88. The summed E-state index contributed by atoms with van der Waals surface area (Å²) in [6.07, 6.45) is 4.42. The number of nitrogens with zero attached hydrogens (tertiary/aromatic N) is 3. The van der Waals surface area contributed by atoms with E-state index >= 15 is 0 Å². The average molecular weight is 357 g/mol. The Labute approximate surface area is 153 Å². The van der Waals surface area contributed by atoms with Gasteiger partial charge in [-0.15, -0.1) is 0 Å². The highest BCUT2D eigenvalue weighted by Gasteiger charge is 2.23. The molecule has 0 atom stereocenters. The van der Waals surface area contributed by atoms with Gasteiger partial charge in [-0.3, -0.25) is 14.5 Å². The summed E-state index contributed by atoms with van der Waals surface area (Å²) in [7, 11) is 0. The van der Waals surface area contributed by atoms with E-state index in [1.54, 1.807) is 6.20 Å². The molecule has 140 valence electrons. The van der Waals surface area contributed by atoms with Crippen LogP contribution in [0.15, 0.2) is 24.4 Å². The van der Waals surface area contributed by atoms with Crippen LogP contribution in [0.2, 0.25) is 0 Å². The van der Waals surface area contributed by atoms with Crippen LogP contribution in [0.3, 0.4) is 0 Å². The van der Waals surface area contributed by atoms with E-state index in [9.17, 15) is 9.59 Å². The van der Waals surface area contributed by atoms with Crippen molar-refractivity contribution in [1.82, 2.24) is 24.9 Å². The first kappa shape index (κ1) is 18.4. The molecule has 0 spiro atoms. The molecule has 0 radical (unpaired) electrons. The zero-order valence-electron chi connectivity index (χ0n) is 15.5. The van der Waals surface area contributed by atoms with Gasteiger partial charge in [0.15, 0.2) is 0 Å². The number of aromatic nitrogens is 2. The molecule has 7 nitrogen and oxygen atoms in total. The van der Waals surface area contributed by atoms with Crippen LogP contribution in [0.5, 0.6) is 0 Å². The van der Waals surface area contributed by atoms with E-state index in [-0.39, 0.29) is 17.9 Å². The fraction of sp³-hybridized carbons (Fsp3) is 0.526. The monoisotopic (exact) mass is 357 g/mol. The zero-order valence-corrected chi connectivity index (χ0v) is 15.5. The maximum atomic E-state index is 12.5. The summed E-state index contributed by atoms with van der Waals surface area (Å²) in [5.74, 6) is -0.0540. The largest absolute Gasteiger partial charge is 0.355 e. The molecule has 3 heterocycles. The third-order valence-electron chi connectivity index (χ3n) is 4.79. The predicted molar refractivity (Wildman–Crippen MR) is 100 cm³/mol. The Bertz CT molecular complexity index is 777. The number of amides is 2. The maximum absolute atomic E-state index is 12.5. The number of carbonyl (C=O) groups excluding carboxylic acids is 2. The van der Waals surface area contributed by atoms with E-state index in [0.29, 0.717) is 12.2 Å². The number of hydrogen-bond acceptors (Lipinski definition) is 4. The molecule has 3 rings (SSSR count). The second-order valence-corrected chi connectivity index (χ2v) is 6.90. The van der Waals surface area contributed by atoms with E-state index in [1.165, 1.54) is 0 Å². The molecule has 2 N–H and O–H groups in total. The molecule has 0 aliphatic carbocycles. The number of aryl methyl sites for hydroxylation is 1. The Morgan fingerprint density at radius 1 is 1.27 bits per heavy atom. The minimum atomic E-state index is -0.132. The number of piperidine rings is 1. The molecular weight excluding hydrogens is 330 g/mol. The number of hydrogen-bond donors (Lipinski definition) is 2. The quantitative estimate of drug-likeness (QED) is 0.818. The fourth-order valence-electron chi connectivity index (χ4n) is 3.28. The molecule has 1 fully saturated rings. The Balaban J connectivity index is 1.50. The van der Waals surface area contributed by atoms with Crippen molar-refractivity contribution in [1.29, 1.82) is 0 Å². The number of likely N-dealkylation sites (tertiary alicyclic amines) is 1. The molecule has 0 unspecified atom stereocenters. The second kappa shape index (κ2) is 8.31. The highest BCUT2D eigenvalue weighted by atomic mass is 16.2. The molecular formula is C19H27N5O2. The SMILES string of the molecule is CCCNC(=O)CN1CCC(NC(=O)c2cn3c(C)cccc3n2)CC1. The van der Waals surface area contributed by atoms with E-state index in [0.717, 1.165) is 50.2 Å². The van der Waals surface area contributed by atoms with Gasteiger partial charge in [0, 0.05) is 37.6 Å². The van der Waals surface area contributed by atoms with Crippen LogP contribution >= 0.6 is 0 Å². The van der Waals surface area contributed by atoms with Gasteiger partial charge in [0.1, 0.15) is 11.3 Å². The molecule has 1 aliphatic rings. The molecule has 0 saturated carbocycles. The van der Waals surface area contributed by atoms with E-state index in [1.807, 2.05) is 36.4 Å². The van der Waals surface area contributed by atoms with Crippen molar-refractivity contribution >= 4 is 17.5 Å². The molecule has 26 heavy (non-hydrogen) atoms. The molecule has 0 bridgehead atoms. The first-order chi connectivity index (χ1) is 12.6. The Morgan fingerprint density at radius 2 is 2.04 bits per heavy atom. The number of imidazole rings is 1. The topological polar surface area (TPSA) is 78.7 Å². The lowest BCUT2D eigenvalue weighted by atomic mass is 10.0. The van der Waals surface area contributed by atoms with Crippen LogP contribution in [-0.4, -0.2) is 58.3 Å². The van der Waals surface area contributed by atoms with Crippen LogP contribution < -0.4 is 10.6 Å². The Hall–Kier alpha value is -2.41. The van der Waals surface area contributed by atoms with Crippen LogP contribution in [-0.2, 0) is 4.79 Å². The molecule has 2 aromatic heterocycles. The maximum Gasteiger partial charge on any atom is 0.271 e. The highest BCUT2D eigenvalue weighted by Crippen LogP contribution is 2.12. The standard InChI is InChI=1S/C19H27N5O2/c1-3-9-20-18(25)13-23-10-7-15(8-11-23)21-19(26)16-12-24-14(2)5-4-6-17(24)22-16/h4-6,12,15H,3,7-11,13H2,1-2H3,(H,20,25)(H,21,26). The zero-order chi connectivity index (χ0) is 18.5. The summed E-state index contributed by atoms with van der Waals surface area (Å²) >= 11 is 0. The van der Waals surface area contributed by atoms with Gasteiger partial charge >= 0.3 is 0 Å². The van der Waals surface area contributed by atoms with Crippen molar-refractivity contribution < 1.29 is 9.59 Å². The van der Waals surface area contributed by atoms with Crippen molar-refractivity contribution in [2.75, 3.05) is 26.2 Å². The van der Waals surface area contributed by atoms with Gasteiger partial charge in [0.05, 0.1) is 6.54 Å². The molecule has 7 heteroatoms. The predicted octanol–water partition coefficient (Wildman–Crippen LogP) is 1.36. The fourth-order valence-corrected chi connectivity index (χ4v) is 3.28. The third-order valence-corrected chi connectivity index (χ3v) is 4.79. The lowest BCUT2D eigenvalue weighted by Crippen LogP contribution is -2.47. The second-order valence-electron chi connectivity index (χ2n) is 6.90. The van der Waals surface area contributed by atoms with E-state index in [4.69, 9.17) is 0 Å². The first-order valence-electron chi connectivity index (χ1n) is 9.31. The van der Waals surface area contributed by atoms with E-state index < -0.39 is 0 Å². The van der Waals surface area contributed by atoms with E-state index in [2.05, 4.69) is 20.5 Å². The molecule has 2 amide bonds.